The van der Waals surface area contributed by atoms with Gasteiger partial charge in [0.25, 0.3) is 5.56 Å². The highest BCUT2D eigenvalue weighted by Gasteiger charge is 2.08. The molecule has 1 aromatic carbocycles. The van der Waals surface area contributed by atoms with Crippen LogP contribution in [0.2, 0.25) is 0 Å². The minimum absolute atomic E-state index is 0.147. The molecule has 2 rings (SSSR count). The zero-order chi connectivity index (χ0) is 15.4. The van der Waals surface area contributed by atoms with Crippen LogP contribution in [-0.4, -0.2) is 23.0 Å². The average molecular weight is 287 g/mol. The number of H-pyrrole nitrogens is 1. The number of anilines is 2. The number of benzene rings is 1. The lowest BCUT2D eigenvalue weighted by atomic mass is 10.1. The van der Waals surface area contributed by atoms with Crippen LogP contribution in [0.1, 0.15) is 35.8 Å². The number of nitrogens with zero attached hydrogens (tertiary/aromatic N) is 1. The number of hydrogen-bond acceptors (Lipinski definition) is 5. The van der Waals surface area contributed by atoms with Crippen molar-refractivity contribution in [1.82, 2.24) is 9.97 Å². The Hall–Kier alpha value is -2.63. The Morgan fingerprint density at radius 1 is 1.33 bits per heavy atom. The molecule has 6 heteroatoms. The molecule has 21 heavy (non-hydrogen) atoms. The van der Waals surface area contributed by atoms with Crippen molar-refractivity contribution in [2.75, 3.05) is 12.4 Å². The lowest BCUT2D eigenvalue weighted by molar-refractivity contribution is 0.0601. The normalized spacial score (nSPS) is 10.5. The summed E-state index contributed by atoms with van der Waals surface area (Å²) in [4.78, 5) is 30.1. The molecule has 0 saturated heterocycles. The van der Waals surface area contributed by atoms with Crippen LogP contribution in [0, 0.1) is 0 Å². The molecule has 2 N–H and O–H groups in total. The molecule has 0 aliphatic heterocycles. The van der Waals surface area contributed by atoms with Gasteiger partial charge in [0.15, 0.2) is 0 Å². The highest BCUT2D eigenvalue weighted by molar-refractivity contribution is 5.90. The zero-order valence-electron chi connectivity index (χ0n) is 12.1. The fourth-order valence-electron chi connectivity index (χ4n) is 1.81. The topological polar surface area (TPSA) is 84.1 Å². The van der Waals surface area contributed by atoms with E-state index >= 15 is 0 Å². The Bertz CT molecular complexity index is 707. The Kier molecular flexibility index (Phi) is 4.37. The van der Waals surface area contributed by atoms with Crippen LogP contribution >= 0.6 is 0 Å². The summed E-state index contributed by atoms with van der Waals surface area (Å²) < 4.78 is 4.67. The first-order valence-corrected chi connectivity index (χ1v) is 6.56. The quantitative estimate of drug-likeness (QED) is 0.844. The first-order valence-electron chi connectivity index (χ1n) is 6.56. The summed E-state index contributed by atoms with van der Waals surface area (Å²) in [6.45, 7) is 3.92. The number of methoxy groups -OCH3 is 1. The van der Waals surface area contributed by atoms with Crippen LogP contribution in [-0.2, 0) is 4.74 Å². The highest BCUT2D eigenvalue weighted by Crippen LogP contribution is 2.16. The van der Waals surface area contributed by atoms with Crippen molar-refractivity contribution >= 4 is 17.6 Å². The van der Waals surface area contributed by atoms with E-state index in [4.69, 9.17) is 0 Å². The molecule has 0 unspecified atom stereocenters. The third-order valence-corrected chi connectivity index (χ3v) is 2.90. The van der Waals surface area contributed by atoms with Crippen molar-refractivity contribution in [2.24, 2.45) is 0 Å². The van der Waals surface area contributed by atoms with E-state index in [0.29, 0.717) is 22.9 Å². The van der Waals surface area contributed by atoms with Crippen molar-refractivity contribution in [3.8, 4) is 0 Å². The summed E-state index contributed by atoms with van der Waals surface area (Å²) >= 11 is 0. The molecule has 110 valence electrons. The summed E-state index contributed by atoms with van der Waals surface area (Å²) in [5, 5.41) is 2.98. The number of nitrogens with one attached hydrogen (secondary N) is 2. The minimum Gasteiger partial charge on any atom is -0.465 e. The summed E-state index contributed by atoms with van der Waals surface area (Å²) in [7, 11) is 1.33. The fraction of sp³-hybridized carbons (Fsp3) is 0.267. The molecule has 0 fully saturated rings. The molecule has 2 aromatic rings. The van der Waals surface area contributed by atoms with Gasteiger partial charge in [-0.3, -0.25) is 9.78 Å². The third-order valence-electron chi connectivity index (χ3n) is 2.90. The monoisotopic (exact) mass is 287 g/mol. The van der Waals surface area contributed by atoms with E-state index in [9.17, 15) is 9.59 Å². The van der Waals surface area contributed by atoms with Gasteiger partial charge in [-0.25, -0.2) is 9.78 Å². The maximum absolute atomic E-state index is 11.6. The van der Waals surface area contributed by atoms with Crippen LogP contribution in [0.5, 0.6) is 0 Å². The summed E-state index contributed by atoms with van der Waals surface area (Å²) in [5.41, 5.74) is 1.54. The molecule has 0 amide bonds. The maximum Gasteiger partial charge on any atom is 0.337 e. The first-order chi connectivity index (χ1) is 9.99. The SMILES string of the molecule is COC(=O)c1cccc(Nc2nc(C(C)C)cc(=O)[nH]2)c1. The number of carbonyl (C=O) groups excluding carboxylic acids is 1. The fourth-order valence-corrected chi connectivity index (χ4v) is 1.81. The van der Waals surface area contributed by atoms with Gasteiger partial charge in [0.1, 0.15) is 0 Å². The number of esters is 1. The summed E-state index contributed by atoms with van der Waals surface area (Å²) in [6.07, 6.45) is 0. The predicted octanol–water partition coefficient (Wildman–Crippen LogP) is 2.42. The van der Waals surface area contributed by atoms with Crippen LogP contribution in [0.25, 0.3) is 0 Å². The number of carbonyl (C=O) groups is 1. The van der Waals surface area contributed by atoms with E-state index in [2.05, 4.69) is 20.0 Å². The molecule has 1 heterocycles. The second-order valence-electron chi connectivity index (χ2n) is 4.87. The summed E-state index contributed by atoms with van der Waals surface area (Å²) in [5.74, 6) is 0.0681. The second-order valence-corrected chi connectivity index (χ2v) is 4.87. The zero-order valence-corrected chi connectivity index (χ0v) is 12.1. The van der Waals surface area contributed by atoms with Crippen molar-refractivity contribution in [2.45, 2.75) is 19.8 Å². The molecule has 1 aromatic heterocycles. The van der Waals surface area contributed by atoms with Gasteiger partial charge in [-0.15, -0.1) is 0 Å². The Morgan fingerprint density at radius 3 is 2.76 bits per heavy atom. The van der Waals surface area contributed by atoms with E-state index in [-0.39, 0.29) is 11.5 Å². The van der Waals surface area contributed by atoms with Gasteiger partial charge in [0.05, 0.1) is 18.4 Å². The second kappa shape index (κ2) is 6.21. The standard InChI is InChI=1S/C15H17N3O3/c1-9(2)12-8-13(19)18-15(17-12)16-11-6-4-5-10(7-11)14(20)21-3/h4-9H,1-3H3,(H2,16,17,18,19). The molecular weight excluding hydrogens is 270 g/mol. The first kappa shape index (κ1) is 14.8. The smallest absolute Gasteiger partial charge is 0.337 e. The van der Waals surface area contributed by atoms with Gasteiger partial charge in [0, 0.05) is 11.8 Å². The van der Waals surface area contributed by atoms with E-state index in [1.807, 2.05) is 13.8 Å². The molecule has 0 radical (unpaired) electrons. The molecule has 0 atom stereocenters. The van der Waals surface area contributed by atoms with Crippen LogP contribution in [0.4, 0.5) is 11.6 Å². The lowest BCUT2D eigenvalue weighted by Gasteiger charge is -2.09. The minimum atomic E-state index is -0.420. The van der Waals surface area contributed by atoms with Gasteiger partial charge in [-0.05, 0) is 24.1 Å². The van der Waals surface area contributed by atoms with Crippen molar-refractivity contribution in [3.63, 3.8) is 0 Å². The predicted molar refractivity (Wildman–Crippen MR) is 80.0 cm³/mol. The lowest BCUT2D eigenvalue weighted by Crippen LogP contribution is -2.13. The Balaban J connectivity index is 2.30. The van der Waals surface area contributed by atoms with Crippen LogP contribution in [0.15, 0.2) is 35.1 Å². The number of aromatic nitrogens is 2. The molecule has 0 spiro atoms. The van der Waals surface area contributed by atoms with Crippen molar-refractivity contribution in [3.05, 3.63) is 51.9 Å². The van der Waals surface area contributed by atoms with Crippen molar-refractivity contribution in [1.29, 1.82) is 0 Å². The van der Waals surface area contributed by atoms with Crippen LogP contribution in [0.3, 0.4) is 0 Å². The number of hydrogen-bond donors (Lipinski definition) is 2. The van der Waals surface area contributed by atoms with Gasteiger partial charge in [-0.2, -0.15) is 0 Å². The molecule has 0 aliphatic carbocycles. The number of rotatable bonds is 4. The highest BCUT2D eigenvalue weighted by atomic mass is 16.5. The summed E-state index contributed by atoms with van der Waals surface area (Å²) in [6, 6.07) is 8.25. The van der Waals surface area contributed by atoms with Crippen LogP contribution < -0.4 is 10.9 Å². The van der Waals surface area contributed by atoms with Gasteiger partial charge in [0.2, 0.25) is 5.95 Å². The van der Waals surface area contributed by atoms with E-state index in [1.54, 1.807) is 24.3 Å². The maximum atomic E-state index is 11.6. The van der Waals surface area contributed by atoms with Gasteiger partial charge >= 0.3 is 5.97 Å². The van der Waals surface area contributed by atoms with Gasteiger partial charge in [-0.1, -0.05) is 19.9 Å². The average Bonchev–Trinajstić information content (AvgIpc) is 2.46. The van der Waals surface area contributed by atoms with E-state index < -0.39 is 5.97 Å². The molecule has 0 bridgehead atoms. The van der Waals surface area contributed by atoms with Gasteiger partial charge < -0.3 is 10.1 Å². The molecular formula is C15H17N3O3. The Labute approximate surface area is 122 Å². The number of ether oxygens (including phenoxy) is 1. The molecule has 0 aliphatic rings. The third kappa shape index (κ3) is 3.68. The molecule has 6 nitrogen and oxygen atoms in total. The van der Waals surface area contributed by atoms with E-state index in [0.717, 1.165) is 0 Å². The largest absolute Gasteiger partial charge is 0.465 e. The van der Waals surface area contributed by atoms with Crippen molar-refractivity contribution < 1.29 is 9.53 Å². The molecule has 0 saturated carbocycles. The number of aromatic amines is 1. The van der Waals surface area contributed by atoms with E-state index in [1.165, 1.54) is 13.2 Å². The Morgan fingerprint density at radius 2 is 2.10 bits per heavy atom.